The molecule has 0 fully saturated rings. The predicted octanol–water partition coefficient (Wildman–Crippen LogP) is 3.95. The minimum absolute atomic E-state index is 0.0113. The molecule has 0 aliphatic heterocycles. The van der Waals surface area contributed by atoms with Gasteiger partial charge in [0.1, 0.15) is 0 Å². The Bertz CT molecular complexity index is 781. The summed E-state index contributed by atoms with van der Waals surface area (Å²) < 4.78 is 0. The highest BCUT2D eigenvalue weighted by atomic mass is 32.1. The van der Waals surface area contributed by atoms with Crippen LogP contribution in [0.1, 0.15) is 13.8 Å². The Morgan fingerprint density at radius 3 is 2.86 bits per heavy atom. The van der Waals surface area contributed by atoms with Gasteiger partial charge in [0.2, 0.25) is 5.91 Å². The molecule has 0 radical (unpaired) electrons. The number of thiophene rings is 1. The van der Waals surface area contributed by atoms with Crippen LogP contribution >= 0.6 is 11.3 Å². The first-order chi connectivity index (χ1) is 10.2. The van der Waals surface area contributed by atoms with Crippen molar-refractivity contribution in [2.45, 2.75) is 13.8 Å². The number of amides is 1. The summed E-state index contributed by atoms with van der Waals surface area (Å²) in [7, 11) is 0. The molecule has 3 aromatic heterocycles. The Hall–Kier alpha value is -2.27. The van der Waals surface area contributed by atoms with E-state index < -0.39 is 0 Å². The standard InChI is InChI=1S/C16H15N3OS/c1-10(2)16(20)19-14-12-4-3-6-17-15(12)18-8-13(14)11-5-7-21-9-11/h3-10H,1-2H3,(H,17,18,19,20). The Labute approximate surface area is 126 Å². The van der Waals surface area contributed by atoms with Crippen molar-refractivity contribution >= 4 is 34.0 Å². The largest absolute Gasteiger partial charge is 0.325 e. The number of nitrogens with zero attached hydrogens (tertiary/aromatic N) is 2. The van der Waals surface area contributed by atoms with Gasteiger partial charge in [-0.1, -0.05) is 13.8 Å². The lowest BCUT2D eigenvalue weighted by Crippen LogP contribution is -2.18. The van der Waals surface area contributed by atoms with Gasteiger partial charge in [-0.15, -0.1) is 0 Å². The molecule has 4 nitrogen and oxygen atoms in total. The maximum Gasteiger partial charge on any atom is 0.226 e. The van der Waals surface area contributed by atoms with Crippen molar-refractivity contribution in [3.8, 4) is 11.1 Å². The van der Waals surface area contributed by atoms with E-state index in [4.69, 9.17) is 0 Å². The second-order valence-corrected chi connectivity index (χ2v) is 5.86. The summed E-state index contributed by atoms with van der Waals surface area (Å²) in [6.45, 7) is 3.75. The number of carbonyl (C=O) groups excluding carboxylic acids is 1. The normalized spacial score (nSPS) is 11.0. The van der Waals surface area contributed by atoms with Crippen LogP contribution in [0, 0.1) is 5.92 Å². The first-order valence-corrected chi connectivity index (χ1v) is 7.68. The van der Waals surface area contributed by atoms with Crippen molar-refractivity contribution < 1.29 is 4.79 Å². The van der Waals surface area contributed by atoms with Crippen molar-refractivity contribution in [1.82, 2.24) is 9.97 Å². The average Bonchev–Trinajstić information content (AvgIpc) is 3.01. The SMILES string of the molecule is CC(C)C(=O)Nc1c(-c2ccsc2)cnc2ncccc12. The van der Waals surface area contributed by atoms with E-state index in [9.17, 15) is 4.79 Å². The lowest BCUT2D eigenvalue weighted by atomic mass is 10.1. The second kappa shape index (κ2) is 5.61. The average molecular weight is 297 g/mol. The number of aromatic nitrogens is 2. The molecule has 0 atom stereocenters. The fourth-order valence-electron chi connectivity index (χ4n) is 2.07. The van der Waals surface area contributed by atoms with Crippen molar-refractivity contribution in [3.63, 3.8) is 0 Å². The molecule has 3 aromatic rings. The molecule has 1 amide bonds. The third-order valence-corrected chi connectivity index (χ3v) is 3.93. The summed E-state index contributed by atoms with van der Waals surface area (Å²) in [5.41, 5.74) is 3.39. The molecular formula is C16H15N3OS. The van der Waals surface area contributed by atoms with Gasteiger partial charge in [-0.25, -0.2) is 9.97 Å². The molecule has 5 heteroatoms. The zero-order valence-corrected chi connectivity index (χ0v) is 12.6. The quantitative estimate of drug-likeness (QED) is 0.796. The van der Waals surface area contributed by atoms with Crippen molar-refractivity contribution in [3.05, 3.63) is 41.4 Å². The first kappa shape index (κ1) is 13.7. The van der Waals surface area contributed by atoms with E-state index in [1.165, 1.54) is 0 Å². The summed E-state index contributed by atoms with van der Waals surface area (Å²) in [6, 6.07) is 5.81. The molecule has 0 saturated carbocycles. The number of fused-ring (bicyclic) bond motifs is 1. The summed E-state index contributed by atoms with van der Waals surface area (Å²) >= 11 is 1.62. The van der Waals surface area contributed by atoms with Crippen molar-refractivity contribution in [1.29, 1.82) is 0 Å². The smallest absolute Gasteiger partial charge is 0.226 e. The molecule has 0 unspecified atom stereocenters. The van der Waals surface area contributed by atoms with E-state index in [1.807, 2.05) is 42.8 Å². The van der Waals surface area contributed by atoms with Crippen LogP contribution in [-0.2, 0) is 4.79 Å². The van der Waals surface area contributed by atoms with E-state index in [0.29, 0.717) is 5.65 Å². The molecule has 106 valence electrons. The van der Waals surface area contributed by atoms with Gasteiger partial charge in [-0.3, -0.25) is 4.79 Å². The molecule has 0 aromatic carbocycles. The molecular weight excluding hydrogens is 282 g/mol. The van der Waals surface area contributed by atoms with Gasteiger partial charge >= 0.3 is 0 Å². The Morgan fingerprint density at radius 1 is 1.29 bits per heavy atom. The van der Waals surface area contributed by atoms with E-state index in [0.717, 1.165) is 22.2 Å². The molecule has 3 rings (SSSR count). The third-order valence-electron chi connectivity index (χ3n) is 3.25. The van der Waals surface area contributed by atoms with Gasteiger partial charge in [0.25, 0.3) is 0 Å². The number of nitrogens with one attached hydrogen (secondary N) is 1. The van der Waals surface area contributed by atoms with Crippen LogP contribution in [0.2, 0.25) is 0 Å². The molecule has 0 aliphatic carbocycles. The number of hydrogen-bond acceptors (Lipinski definition) is 4. The molecule has 3 heterocycles. The monoisotopic (exact) mass is 297 g/mol. The third kappa shape index (κ3) is 2.64. The van der Waals surface area contributed by atoms with E-state index in [-0.39, 0.29) is 11.8 Å². The highest BCUT2D eigenvalue weighted by Gasteiger charge is 2.15. The maximum absolute atomic E-state index is 12.1. The summed E-state index contributed by atoms with van der Waals surface area (Å²) in [5.74, 6) is -0.0944. The Balaban J connectivity index is 2.20. The Kier molecular flexibility index (Phi) is 3.66. The number of anilines is 1. The van der Waals surface area contributed by atoms with Crippen LogP contribution in [0.4, 0.5) is 5.69 Å². The predicted molar refractivity (Wildman–Crippen MR) is 86.3 cm³/mol. The number of pyridine rings is 2. The first-order valence-electron chi connectivity index (χ1n) is 6.74. The van der Waals surface area contributed by atoms with Crippen LogP contribution in [-0.4, -0.2) is 15.9 Å². The van der Waals surface area contributed by atoms with Gasteiger partial charge in [0.05, 0.1) is 5.69 Å². The molecule has 0 bridgehead atoms. The van der Waals surface area contributed by atoms with E-state index in [2.05, 4.69) is 15.3 Å². The van der Waals surface area contributed by atoms with Crippen LogP contribution in [0.5, 0.6) is 0 Å². The Morgan fingerprint density at radius 2 is 2.14 bits per heavy atom. The highest BCUT2D eigenvalue weighted by Crippen LogP contribution is 2.34. The lowest BCUT2D eigenvalue weighted by molar-refractivity contribution is -0.118. The minimum Gasteiger partial charge on any atom is -0.325 e. The zero-order valence-electron chi connectivity index (χ0n) is 11.8. The second-order valence-electron chi connectivity index (χ2n) is 5.08. The van der Waals surface area contributed by atoms with Crippen molar-refractivity contribution in [2.75, 3.05) is 5.32 Å². The summed E-state index contributed by atoms with van der Waals surface area (Å²) in [6.07, 6.45) is 3.47. The molecule has 0 saturated heterocycles. The fraction of sp³-hybridized carbons (Fsp3) is 0.188. The van der Waals surface area contributed by atoms with Crippen LogP contribution < -0.4 is 5.32 Å². The molecule has 1 N–H and O–H groups in total. The van der Waals surface area contributed by atoms with Gasteiger partial charge in [0.15, 0.2) is 5.65 Å². The van der Waals surface area contributed by atoms with Crippen LogP contribution in [0.3, 0.4) is 0 Å². The van der Waals surface area contributed by atoms with Crippen LogP contribution in [0.15, 0.2) is 41.4 Å². The fourth-order valence-corrected chi connectivity index (χ4v) is 2.72. The maximum atomic E-state index is 12.1. The highest BCUT2D eigenvalue weighted by molar-refractivity contribution is 7.08. The minimum atomic E-state index is -0.0831. The van der Waals surface area contributed by atoms with E-state index in [1.54, 1.807) is 23.7 Å². The van der Waals surface area contributed by atoms with E-state index >= 15 is 0 Å². The topological polar surface area (TPSA) is 54.9 Å². The van der Waals surface area contributed by atoms with Crippen LogP contribution in [0.25, 0.3) is 22.2 Å². The van der Waals surface area contributed by atoms with Gasteiger partial charge in [-0.05, 0) is 34.5 Å². The van der Waals surface area contributed by atoms with Crippen molar-refractivity contribution in [2.24, 2.45) is 5.92 Å². The lowest BCUT2D eigenvalue weighted by Gasteiger charge is -2.14. The zero-order chi connectivity index (χ0) is 14.8. The summed E-state index contributed by atoms with van der Waals surface area (Å²) in [5, 5.41) is 7.94. The van der Waals surface area contributed by atoms with Gasteiger partial charge in [-0.2, -0.15) is 11.3 Å². The van der Waals surface area contributed by atoms with Gasteiger partial charge < -0.3 is 5.32 Å². The summed E-state index contributed by atoms with van der Waals surface area (Å²) in [4.78, 5) is 20.8. The number of carbonyl (C=O) groups is 1. The number of rotatable bonds is 3. The molecule has 0 spiro atoms. The molecule has 0 aliphatic rings. The molecule has 21 heavy (non-hydrogen) atoms. The van der Waals surface area contributed by atoms with Gasteiger partial charge in [0, 0.05) is 29.3 Å². The number of hydrogen-bond donors (Lipinski definition) is 1.